The van der Waals surface area contributed by atoms with Crippen molar-refractivity contribution in [2.45, 2.75) is 25.8 Å². The van der Waals surface area contributed by atoms with Gasteiger partial charge in [-0.25, -0.2) is 4.98 Å². The van der Waals surface area contributed by atoms with E-state index in [0.717, 1.165) is 16.9 Å². The molecule has 2 aromatic carbocycles. The molecule has 0 unspecified atom stereocenters. The van der Waals surface area contributed by atoms with Crippen molar-refractivity contribution in [2.24, 2.45) is 0 Å². The van der Waals surface area contributed by atoms with Gasteiger partial charge in [0, 0.05) is 11.6 Å². The van der Waals surface area contributed by atoms with Gasteiger partial charge in [0.05, 0.1) is 16.1 Å². The van der Waals surface area contributed by atoms with Crippen molar-refractivity contribution in [1.29, 1.82) is 0 Å². The highest BCUT2D eigenvalue weighted by molar-refractivity contribution is 6.32. The van der Waals surface area contributed by atoms with E-state index in [9.17, 15) is 5.11 Å². The predicted octanol–water partition coefficient (Wildman–Crippen LogP) is 4.71. The van der Waals surface area contributed by atoms with Crippen LogP contribution in [0.1, 0.15) is 24.4 Å². The van der Waals surface area contributed by atoms with Gasteiger partial charge in [-0.1, -0.05) is 17.7 Å². The summed E-state index contributed by atoms with van der Waals surface area (Å²) in [6.45, 7) is 2.08. The number of halogens is 1. The molecular formula is C17H15ClN2O. The van der Waals surface area contributed by atoms with Gasteiger partial charge in [-0.05, 0) is 55.7 Å². The van der Waals surface area contributed by atoms with Crippen LogP contribution in [0.3, 0.4) is 0 Å². The molecule has 0 spiro atoms. The van der Waals surface area contributed by atoms with E-state index in [4.69, 9.17) is 16.6 Å². The minimum Gasteiger partial charge on any atom is -0.506 e. The van der Waals surface area contributed by atoms with Gasteiger partial charge in [0.1, 0.15) is 11.6 Å². The minimum atomic E-state index is 0.102. The number of fused-ring (bicyclic) bond motifs is 1. The lowest BCUT2D eigenvalue weighted by Gasteiger charge is -2.08. The molecule has 0 bridgehead atoms. The average molecular weight is 299 g/mol. The number of aromatic nitrogens is 2. The fourth-order valence-corrected chi connectivity index (χ4v) is 2.94. The van der Waals surface area contributed by atoms with Crippen LogP contribution < -0.4 is 0 Å². The van der Waals surface area contributed by atoms with Crippen LogP contribution in [0.5, 0.6) is 5.75 Å². The Bertz CT molecular complexity index is 849. The van der Waals surface area contributed by atoms with Gasteiger partial charge in [0.25, 0.3) is 0 Å². The minimum absolute atomic E-state index is 0.102. The standard InChI is InChI=1S/C17H15ClN2O/c1-10-2-6-15-14(8-10)19-17(20(15)12-4-5-12)11-3-7-16(21)13(18)9-11/h2-3,6-9,12,21H,4-5H2,1H3. The molecule has 1 aliphatic carbocycles. The molecule has 1 fully saturated rings. The first-order valence-corrected chi connectivity index (χ1v) is 7.49. The number of imidazole rings is 1. The second kappa shape index (κ2) is 4.50. The molecule has 3 aromatic rings. The monoisotopic (exact) mass is 298 g/mol. The van der Waals surface area contributed by atoms with Crippen LogP contribution in [0, 0.1) is 6.92 Å². The van der Waals surface area contributed by atoms with Crippen molar-refractivity contribution >= 4 is 22.6 Å². The Morgan fingerprint density at radius 3 is 2.71 bits per heavy atom. The third kappa shape index (κ3) is 2.09. The molecule has 4 rings (SSSR count). The van der Waals surface area contributed by atoms with Gasteiger partial charge in [0.2, 0.25) is 0 Å². The molecule has 3 nitrogen and oxygen atoms in total. The second-order valence-corrected chi connectivity index (χ2v) is 6.10. The van der Waals surface area contributed by atoms with E-state index in [-0.39, 0.29) is 5.75 Å². The van der Waals surface area contributed by atoms with E-state index in [0.29, 0.717) is 11.1 Å². The molecule has 1 N–H and O–H groups in total. The average Bonchev–Trinajstić information content (AvgIpc) is 3.22. The van der Waals surface area contributed by atoms with Crippen LogP contribution in [0.2, 0.25) is 5.02 Å². The molecular weight excluding hydrogens is 284 g/mol. The second-order valence-electron chi connectivity index (χ2n) is 5.69. The van der Waals surface area contributed by atoms with Gasteiger partial charge in [0.15, 0.2) is 0 Å². The highest BCUT2D eigenvalue weighted by atomic mass is 35.5. The van der Waals surface area contributed by atoms with Crippen molar-refractivity contribution in [3.63, 3.8) is 0 Å². The molecule has 1 heterocycles. The molecule has 21 heavy (non-hydrogen) atoms. The number of benzene rings is 2. The maximum atomic E-state index is 9.60. The van der Waals surface area contributed by atoms with Crippen molar-refractivity contribution in [3.8, 4) is 17.1 Å². The zero-order valence-corrected chi connectivity index (χ0v) is 12.4. The van der Waals surface area contributed by atoms with E-state index >= 15 is 0 Å². The summed E-state index contributed by atoms with van der Waals surface area (Å²) < 4.78 is 2.30. The molecule has 0 atom stereocenters. The molecule has 1 saturated carbocycles. The molecule has 1 aliphatic rings. The van der Waals surface area contributed by atoms with Crippen molar-refractivity contribution < 1.29 is 5.11 Å². The Labute approximate surface area is 127 Å². The smallest absolute Gasteiger partial charge is 0.141 e. The van der Waals surface area contributed by atoms with Gasteiger partial charge in [-0.3, -0.25) is 0 Å². The highest BCUT2D eigenvalue weighted by Crippen LogP contribution is 2.42. The summed E-state index contributed by atoms with van der Waals surface area (Å²) in [5, 5.41) is 9.96. The summed E-state index contributed by atoms with van der Waals surface area (Å²) in [7, 11) is 0. The number of hydrogen-bond donors (Lipinski definition) is 1. The number of phenols is 1. The van der Waals surface area contributed by atoms with E-state index in [1.807, 2.05) is 6.07 Å². The highest BCUT2D eigenvalue weighted by Gasteiger charge is 2.28. The Hall–Kier alpha value is -2.00. The van der Waals surface area contributed by atoms with Gasteiger partial charge >= 0.3 is 0 Å². The Morgan fingerprint density at radius 1 is 1.19 bits per heavy atom. The number of rotatable bonds is 2. The maximum Gasteiger partial charge on any atom is 0.141 e. The van der Waals surface area contributed by atoms with Crippen LogP contribution in [-0.2, 0) is 0 Å². The maximum absolute atomic E-state index is 9.60. The normalized spacial score (nSPS) is 14.8. The van der Waals surface area contributed by atoms with E-state index in [1.165, 1.54) is 23.9 Å². The molecule has 4 heteroatoms. The van der Waals surface area contributed by atoms with E-state index < -0.39 is 0 Å². The van der Waals surface area contributed by atoms with Crippen molar-refractivity contribution in [1.82, 2.24) is 9.55 Å². The number of nitrogens with zero attached hydrogens (tertiary/aromatic N) is 2. The zero-order valence-electron chi connectivity index (χ0n) is 11.7. The summed E-state index contributed by atoms with van der Waals surface area (Å²) in [4.78, 5) is 4.80. The van der Waals surface area contributed by atoms with E-state index in [2.05, 4.69) is 29.7 Å². The predicted molar refractivity (Wildman–Crippen MR) is 84.9 cm³/mol. The topological polar surface area (TPSA) is 38.1 Å². The van der Waals surface area contributed by atoms with Gasteiger partial charge in [-0.15, -0.1) is 0 Å². The lowest BCUT2D eigenvalue weighted by Crippen LogP contribution is -1.97. The number of phenolic OH excluding ortho intramolecular Hbond substituents is 1. The largest absolute Gasteiger partial charge is 0.506 e. The Balaban J connectivity index is 1.98. The van der Waals surface area contributed by atoms with Crippen LogP contribution in [-0.4, -0.2) is 14.7 Å². The van der Waals surface area contributed by atoms with Gasteiger partial charge < -0.3 is 9.67 Å². The van der Waals surface area contributed by atoms with Crippen LogP contribution in [0.25, 0.3) is 22.4 Å². The summed E-state index contributed by atoms with van der Waals surface area (Å²) in [5.41, 5.74) is 4.33. The van der Waals surface area contributed by atoms with Crippen molar-refractivity contribution in [2.75, 3.05) is 0 Å². The lowest BCUT2D eigenvalue weighted by molar-refractivity contribution is 0.475. The van der Waals surface area contributed by atoms with Crippen molar-refractivity contribution in [3.05, 3.63) is 47.0 Å². The molecule has 1 aromatic heterocycles. The number of hydrogen-bond acceptors (Lipinski definition) is 2. The molecule has 0 aliphatic heterocycles. The summed E-state index contributed by atoms with van der Waals surface area (Å²) in [5.74, 6) is 1.03. The lowest BCUT2D eigenvalue weighted by atomic mass is 10.2. The molecule has 0 amide bonds. The first-order valence-electron chi connectivity index (χ1n) is 7.11. The summed E-state index contributed by atoms with van der Waals surface area (Å²) >= 11 is 6.05. The van der Waals surface area contributed by atoms with Crippen LogP contribution in [0.4, 0.5) is 0 Å². The Morgan fingerprint density at radius 2 is 2.00 bits per heavy atom. The van der Waals surface area contributed by atoms with Gasteiger partial charge in [-0.2, -0.15) is 0 Å². The third-order valence-electron chi connectivity index (χ3n) is 3.96. The summed E-state index contributed by atoms with van der Waals surface area (Å²) in [6, 6.07) is 12.2. The number of aromatic hydroxyl groups is 1. The fourth-order valence-electron chi connectivity index (χ4n) is 2.76. The third-order valence-corrected chi connectivity index (χ3v) is 4.27. The summed E-state index contributed by atoms with van der Waals surface area (Å²) in [6.07, 6.45) is 2.39. The fraction of sp³-hybridized carbons (Fsp3) is 0.235. The van der Waals surface area contributed by atoms with Crippen LogP contribution in [0.15, 0.2) is 36.4 Å². The SMILES string of the molecule is Cc1ccc2c(c1)nc(-c1ccc(O)c(Cl)c1)n2C1CC1. The Kier molecular flexibility index (Phi) is 2.73. The number of aryl methyl sites for hydroxylation is 1. The van der Waals surface area contributed by atoms with E-state index in [1.54, 1.807) is 12.1 Å². The van der Waals surface area contributed by atoms with Crippen LogP contribution >= 0.6 is 11.6 Å². The molecule has 0 saturated heterocycles. The zero-order chi connectivity index (χ0) is 14.6. The molecule has 106 valence electrons. The quantitative estimate of drug-likeness (QED) is 0.744. The first-order chi connectivity index (χ1) is 10.1. The molecule has 0 radical (unpaired) electrons. The first kappa shape index (κ1) is 12.7.